The van der Waals surface area contributed by atoms with Crippen LogP contribution in [0.4, 0.5) is 0 Å². The number of aryl methyl sites for hydroxylation is 1. The molecule has 2 atom stereocenters. The van der Waals surface area contributed by atoms with Crippen molar-refractivity contribution in [2.75, 3.05) is 12.3 Å². The van der Waals surface area contributed by atoms with Crippen LogP contribution in [0.15, 0.2) is 42.5 Å². The van der Waals surface area contributed by atoms with Gasteiger partial charge in [-0.05, 0) is 41.5 Å². The van der Waals surface area contributed by atoms with E-state index in [0.29, 0.717) is 6.42 Å². The van der Waals surface area contributed by atoms with Crippen molar-refractivity contribution < 1.29 is 28.2 Å². The number of sulfonamides is 1. The zero-order chi connectivity index (χ0) is 23.0. The molecule has 0 aromatic heterocycles. The fourth-order valence-corrected chi connectivity index (χ4v) is 4.48. The Morgan fingerprint density at radius 1 is 0.968 bits per heavy atom. The van der Waals surface area contributed by atoms with Crippen molar-refractivity contribution in [2.45, 2.75) is 45.2 Å². The molecule has 0 amide bonds. The number of carboxylic acids is 2. The molecule has 2 aromatic carbocycles. The molecule has 0 bridgehead atoms. The highest BCUT2D eigenvalue weighted by Gasteiger charge is 2.26. The van der Waals surface area contributed by atoms with E-state index in [2.05, 4.69) is 10.0 Å². The van der Waals surface area contributed by atoms with Crippen LogP contribution in [0.1, 0.15) is 32.3 Å². The maximum Gasteiger partial charge on any atom is 0.320 e. The Balaban J connectivity index is 1.92. The topological polar surface area (TPSA) is 133 Å². The predicted octanol–water partition coefficient (Wildman–Crippen LogP) is 2.23. The second-order valence-corrected chi connectivity index (χ2v) is 9.89. The van der Waals surface area contributed by atoms with Crippen molar-refractivity contribution in [3.8, 4) is 0 Å². The summed E-state index contributed by atoms with van der Waals surface area (Å²) in [4.78, 5) is 22.9. The highest BCUT2D eigenvalue weighted by molar-refractivity contribution is 7.89. The maximum absolute atomic E-state index is 12.4. The summed E-state index contributed by atoms with van der Waals surface area (Å²) in [5.74, 6) is -2.41. The zero-order valence-electron chi connectivity index (χ0n) is 17.7. The van der Waals surface area contributed by atoms with Crippen LogP contribution in [-0.4, -0.2) is 55.0 Å². The molecular weight excluding hydrogens is 420 g/mol. The number of hydrogen-bond donors (Lipinski definition) is 4. The molecule has 0 radical (unpaired) electrons. The molecule has 0 saturated carbocycles. The normalized spacial score (nSPS) is 13.9. The summed E-state index contributed by atoms with van der Waals surface area (Å²) in [5, 5.41) is 23.3. The third-order valence-electron chi connectivity index (χ3n) is 4.98. The van der Waals surface area contributed by atoms with Gasteiger partial charge in [0.1, 0.15) is 12.1 Å². The van der Waals surface area contributed by atoms with Gasteiger partial charge in [-0.25, -0.2) is 13.1 Å². The van der Waals surface area contributed by atoms with Crippen molar-refractivity contribution in [3.63, 3.8) is 0 Å². The van der Waals surface area contributed by atoms with Gasteiger partial charge in [-0.2, -0.15) is 0 Å². The van der Waals surface area contributed by atoms with E-state index in [4.69, 9.17) is 0 Å². The first-order valence-corrected chi connectivity index (χ1v) is 11.9. The molecule has 0 aliphatic heterocycles. The van der Waals surface area contributed by atoms with Crippen molar-refractivity contribution in [2.24, 2.45) is 5.92 Å². The lowest BCUT2D eigenvalue weighted by Crippen LogP contribution is -2.49. The third-order valence-corrected chi connectivity index (χ3v) is 6.37. The van der Waals surface area contributed by atoms with Crippen LogP contribution in [0, 0.1) is 5.92 Å². The number of rotatable bonds is 13. The van der Waals surface area contributed by atoms with Crippen molar-refractivity contribution in [1.82, 2.24) is 10.0 Å². The Morgan fingerprint density at radius 3 is 2.26 bits per heavy atom. The van der Waals surface area contributed by atoms with Gasteiger partial charge in [0.05, 0.1) is 5.75 Å². The summed E-state index contributed by atoms with van der Waals surface area (Å²) >= 11 is 0. The Hall–Kier alpha value is -2.49. The molecule has 0 aliphatic carbocycles. The average Bonchev–Trinajstić information content (AvgIpc) is 2.70. The molecule has 4 N–H and O–H groups in total. The Bertz CT molecular complexity index is 1000. The van der Waals surface area contributed by atoms with Crippen LogP contribution in [0.3, 0.4) is 0 Å². The van der Waals surface area contributed by atoms with Crippen molar-refractivity contribution in [1.29, 1.82) is 0 Å². The Morgan fingerprint density at radius 2 is 1.61 bits per heavy atom. The van der Waals surface area contributed by atoms with Gasteiger partial charge < -0.3 is 10.2 Å². The molecule has 31 heavy (non-hydrogen) atoms. The molecule has 0 fully saturated rings. The average molecular weight is 451 g/mol. The molecule has 9 heteroatoms. The summed E-state index contributed by atoms with van der Waals surface area (Å²) in [6, 6.07) is 11.3. The predicted molar refractivity (Wildman–Crippen MR) is 119 cm³/mol. The number of nitrogens with one attached hydrogen (secondary N) is 2. The third kappa shape index (κ3) is 7.93. The van der Waals surface area contributed by atoms with Gasteiger partial charge in [0.15, 0.2) is 0 Å². The maximum atomic E-state index is 12.4. The minimum atomic E-state index is -3.62. The van der Waals surface area contributed by atoms with Crippen LogP contribution in [-0.2, 0) is 26.0 Å². The van der Waals surface area contributed by atoms with E-state index in [-0.39, 0.29) is 31.1 Å². The smallest absolute Gasteiger partial charge is 0.320 e. The molecule has 0 heterocycles. The Kier molecular flexibility index (Phi) is 8.97. The molecule has 8 nitrogen and oxygen atoms in total. The highest BCUT2D eigenvalue weighted by Crippen LogP contribution is 2.19. The summed E-state index contributed by atoms with van der Waals surface area (Å²) in [7, 11) is -3.62. The molecule has 2 aromatic rings. The van der Waals surface area contributed by atoms with E-state index < -0.39 is 34.0 Å². The number of benzene rings is 2. The fraction of sp³-hybridized carbons (Fsp3) is 0.455. The lowest BCUT2D eigenvalue weighted by atomic mass is 10.0. The minimum Gasteiger partial charge on any atom is -0.480 e. The van der Waals surface area contributed by atoms with Crippen LogP contribution in [0.5, 0.6) is 0 Å². The molecular formula is C22H30N2O6S. The summed E-state index contributed by atoms with van der Waals surface area (Å²) in [5.41, 5.74) is 0.923. The highest BCUT2D eigenvalue weighted by atomic mass is 32.2. The largest absolute Gasteiger partial charge is 0.480 e. The SMILES string of the molecule is CC(C)C[C@H](NC(CCNS(=O)(=O)CCc1cccc2ccccc12)C(=O)O)C(=O)O. The van der Waals surface area contributed by atoms with E-state index in [0.717, 1.165) is 16.3 Å². The Labute approximate surface area is 182 Å². The number of carboxylic acid groups (broad SMARTS) is 2. The second-order valence-electron chi connectivity index (χ2n) is 7.97. The molecule has 0 spiro atoms. The van der Waals surface area contributed by atoms with E-state index in [1.807, 2.05) is 56.3 Å². The quantitative estimate of drug-likeness (QED) is 0.368. The number of aliphatic carboxylic acids is 2. The van der Waals surface area contributed by atoms with Gasteiger partial charge >= 0.3 is 11.9 Å². The van der Waals surface area contributed by atoms with Crippen LogP contribution in [0.25, 0.3) is 10.8 Å². The molecule has 170 valence electrons. The number of hydrogen-bond acceptors (Lipinski definition) is 5. The van der Waals surface area contributed by atoms with Crippen LogP contribution < -0.4 is 10.0 Å². The van der Waals surface area contributed by atoms with Crippen molar-refractivity contribution in [3.05, 3.63) is 48.0 Å². The molecule has 0 saturated heterocycles. The van der Waals surface area contributed by atoms with Crippen LogP contribution in [0.2, 0.25) is 0 Å². The van der Waals surface area contributed by atoms with Gasteiger partial charge in [0.25, 0.3) is 0 Å². The first-order valence-electron chi connectivity index (χ1n) is 10.2. The fourth-order valence-electron chi connectivity index (χ4n) is 3.42. The number of carbonyl (C=O) groups is 2. The standard InChI is InChI=1S/C22H30N2O6S/c1-15(2)14-20(22(27)28)24-19(21(25)26)10-12-23-31(29,30)13-11-17-8-5-7-16-6-3-4-9-18(16)17/h3-9,15,19-20,23-24H,10-14H2,1-2H3,(H,25,26)(H,27,28)/t19?,20-/m0/s1. The molecule has 1 unspecified atom stereocenters. The first kappa shape index (κ1) is 24.8. The van der Waals surface area contributed by atoms with E-state index >= 15 is 0 Å². The lowest BCUT2D eigenvalue weighted by Gasteiger charge is -2.21. The van der Waals surface area contributed by atoms with E-state index in [1.54, 1.807) is 0 Å². The number of fused-ring (bicyclic) bond motifs is 1. The van der Waals surface area contributed by atoms with Gasteiger partial charge in [-0.3, -0.25) is 14.9 Å². The lowest BCUT2D eigenvalue weighted by molar-refractivity contribution is -0.143. The summed E-state index contributed by atoms with van der Waals surface area (Å²) in [6.45, 7) is 3.59. The minimum absolute atomic E-state index is 0.0648. The van der Waals surface area contributed by atoms with Gasteiger partial charge in [-0.1, -0.05) is 56.3 Å². The van der Waals surface area contributed by atoms with Gasteiger partial charge in [0.2, 0.25) is 10.0 Å². The first-order chi connectivity index (χ1) is 14.6. The van der Waals surface area contributed by atoms with E-state index in [1.165, 1.54) is 0 Å². The zero-order valence-corrected chi connectivity index (χ0v) is 18.6. The summed E-state index contributed by atoms with van der Waals surface area (Å²) in [6.07, 6.45) is 0.535. The van der Waals surface area contributed by atoms with E-state index in [9.17, 15) is 28.2 Å². The van der Waals surface area contributed by atoms with Gasteiger partial charge in [-0.15, -0.1) is 0 Å². The van der Waals surface area contributed by atoms with Crippen molar-refractivity contribution >= 4 is 32.7 Å². The monoisotopic (exact) mass is 450 g/mol. The molecule has 2 rings (SSSR count). The van der Waals surface area contributed by atoms with Crippen LogP contribution >= 0.6 is 0 Å². The van der Waals surface area contributed by atoms with Gasteiger partial charge in [0, 0.05) is 6.54 Å². The second kappa shape index (κ2) is 11.2. The summed E-state index contributed by atoms with van der Waals surface area (Å²) < 4.78 is 27.2. The molecule has 0 aliphatic rings.